The van der Waals surface area contributed by atoms with Crippen molar-refractivity contribution in [3.05, 3.63) is 59.4 Å². The van der Waals surface area contributed by atoms with Gasteiger partial charge in [0, 0.05) is 42.7 Å². The summed E-state index contributed by atoms with van der Waals surface area (Å²) in [5.74, 6) is -0.312. The summed E-state index contributed by atoms with van der Waals surface area (Å²) in [6, 6.07) is 6.85. The van der Waals surface area contributed by atoms with Gasteiger partial charge in [0.05, 0.1) is 18.4 Å². The first-order valence-corrected chi connectivity index (χ1v) is 9.41. The smallest absolute Gasteiger partial charge is 0.255 e. The average Bonchev–Trinajstić information content (AvgIpc) is 3.11. The Morgan fingerprint density at radius 2 is 2.11 bits per heavy atom. The lowest BCUT2D eigenvalue weighted by molar-refractivity contribution is 0.0464. The third kappa shape index (κ3) is 4.89. The molecule has 0 N–H and O–H groups in total. The van der Waals surface area contributed by atoms with Crippen LogP contribution in [0.1, 0.15) is 41.5 Å². The Bertz CT molecular complexity index is 764. The zero-order chi connectivity index (χ0) is 19.3. The highest BCUT2D eigenvalue weighted by Crippen LogP contribution is 2.36. The van der Waals surface area contributed by atoms with Crippen molar-refractivity contribution in [3.8, 4) is 0 Å². The van der Waals surface area contributed by atoms with E-state index in [9.17, 15) is 9.18 Å². The van der Waals surface area contributed by atoms with Crippen LogP contribution in [0.5, 0.6) is 0 Å². The fourth-order valence-corrected chi connectivity index (χ4v) is 3.55. The number of hydrogen-bond donors (Lipinski definition) is 0. The Kier molecular flexibility index (Phi) is 6.16. The Labute approximate surface area is 159 Å². The number of nitrogens with zero attached hydrogens (tertiary/aromatic N) is 3. The van der Waals surface area contributed by atoms with E-state index in [1.807, 2.05) is 30.9 Å². The van der Waals surface area contributed by atoms with Crippen LogP contribution in [0.3, 0.4) is 0 Å². The molecule has 0 spiro atoms. The van der Waals surface area contributed by atoms with Crippen molar-refractivity contribution in [3.63, 3.8) is 0 Å². The first-order valence-electron chi connectivity index (χ1n) is 9.41. The van der Waals surface area contributed by atoms with Crippen molar-refractivity contribution in [2.45, 2.75) is 33.1 Å². The number of halogens is 1. The number of carbonyl (C=O) groups excluding carboxylic acids is 1. The van der Waals surface area contributed by atoms with E-state index in [1.54, 1.807) is 12.3 Å². The van der Waals surface area contributed by atoms with Crippen molar-refractivity contribution in [2.75, 3.05) is 26.3 Å². The number of aryl methyl sites for hydroxylation is 2. The van der Waals surface area contributed by atoms with Gasteiger partial charge in [-0.2, -0.15) is 0 Å². The fraction of sp³-hybridized carbons (Fsp3) is 0.476. The number of amides is 1. The molecule has 0 aromatic carbocycles. The van der Waals surface area contributed by atoms with Crippen LogP contribution in [0, 0.1) is 18.2 Å². The summed E-state index contributed by atoms with van der Waals surface area (Å²) in [4.78, 5) is 23.1. The summed E-state index contributed by atoms with van der Waals surface area (Å²) in [6.07, 6.45) is 5.37. The molecule has 27 heavy (non-hydrogen) atoms. The molecular formula is C21H26FN3O2. The Morgan fingerprint density at radius 1 is 1.26 bits per heavy atom. The summed E-state index contributed by atoms with van der Waals surface area (Å²) >= 11 is 0. The predicted molar refractivity (Wildman–Crippen MR) is 101 cm³/mol. The molecule has 1 fully saturated rings. The molecule has 3 rings (SSSR count). The zero-order valence-electron chi connectivity index (χ0n) is 15.9. The Balaban J connectivity index is 1.68. The quantitative estimate of drug-likeness (QED) is 0.748. The number of likely N-dealkylation sites (tertiary alicyclic amines) is 1. The maximum atomic E-state index is 13.1. The second-order valence-corrected chi connectivity index (χ2v) is 7.27. The molecule has 1 atom stereocenters. The normalized spacial score (nSPS) is 19.4. The van der Waals surface area contributed by atoms with E-state index < -0.39 is 0 Å². The average molecular weight is 371 g/mol. The summed E-state index contributed by atoms with van der Waals surface area (Å²) in [7, 11) is 0. The van der Waals surface area contributed by atoms with Gasteiger partial charge in [-0.3, -0.25) is 14.8 Å². The SMILES string of the molecule is CCOCC1(CCc2ccc(F)cn2)CCN(C(=O)c2ccc(C)nc2)C1. The van der Waals surface area contributed by atoms with Gasteiger partial charge in [-0.25, -0.2) is 4.39 Å². The second-order valence-electron chi connectivity index (χ2n) is 7.27. The van der Waals surface area contributed by atoms with E-state index in [0.29, 0.717) is 31.9 Å². The lowest BCUT2D eigenvalue weighted by Gasteiger charge is -2.29. The maximum absolute atomic E-state index is 13.1. The van der Waals surface area contributed by atoms with Crippen LogP contribution in [0.15, 0.2) is 36.7 Å². The van der Waals surface area contributed by atoms with Gasteiger partial charge < -0.3 is 9.64 Å². The standard InChI is InChI=1S/C21H26FN3O2/c1-3-27-15-21(9-8-19-7-6-18(22)13-24-19)10-11-25(14-21)20(26)17-5-4-16(2)23-12-17/h4-7,12-13H,3,8-11,14-15H2,1-2H3. The minimum atomic E-state index is -0.327. The summed E-state index contributed by atoms with van der Waals surface area (Å²) < 4.78 is 18.8. The van der Waals surface area contributed by atoms with Crippen molar-refractivity contribution in [1.29, 1.82) is 0 Å². The monoisotopic (exact) mass is 371 g/mol. The first-order chi connectivity index (χ1) is 13.0. The van der Waals surface area contributed by atoms with Gasteiger partial charge in [0.1, 0.15) is 5.82 Å². The van der Waals surface area contributed by atoms with Crippen LogP contribution in [0.2, 0.25) is 0 Å². The molecule has 1 aliphatic rings. The van der Waals surface area contributed by atoms with E-state index in [-0.39, 0.29) is 17.1 Å². The summed E-state index contributed by atoms with van der Waals surface area (Å²) in [5, 5.41) is 0. The molecule has 0 bridgehead atoms. The maximum Gasteiger partial charge on any atom is 0.255 e. The van der Waals surface area contributed by atoms with Crippen LogP contribution in [-0.4, -0.2) is 47.1 Å². The molecule has 1 aliphatic heterocycles. The predicted octanol–water partition coefficient (Wildman–Crippen LogP) is 3.43. The molecule has 5 nitrogen and oxygen atoms in total. The Morgan fingerprint density at radius 3 is 2.78 bits per heavy atom. The van der Waals surface area contributed by atoms with Crippen molar-refractivity contribution >= 4 is 5.91 Å². The molecule has 1 unspecified atom stereocenters. The van der Waals surface area contributed by atoms with Crippen LogP contribution in [0.4, 0.5) is 4.39 Å². The van der Waals surface area contributed by atoms with Crippen LogP contribution >= 0.6 is 0 Å². The lowest BCUT2D eigenvalue weighted by Crippen LogP contribution is -2.35. The first kappa shape index (κ1) is 19.4. The largest absolute Gasteiger partial charge is 0.381 e. The Hall–Kier alpha value is -2.34. The van der Waals surface area contributed by atoms with Crippen LogP contribution in [0.25, 0.3) is 0 Å². The van der Waals surface area contributed by atoms with Crippen molar-refractivity contribution in [1.82, 2.24) is 14.9 Å². The number of rotatable bonds is 7. The molecule has 1 saturated heterocycles. The molecule has 1 amide bonds. The molecule has 0 aliphatic carbocycles. The molecule has 2 aromatic rings. The third-order valence-corrected chi connectivity index (χ3v) is 5.20. The van der Waals surface area contributed by atoms with E-state index in [0.717, 1.165) is 30.7 Å². The topological polar surface area (TPSA) is 55.3 Å². The second kappa shape index (κ2) is 8.57. The van der Waals surface area contributed by atoms with Gasteiger partial charge >= 0.3 is 0 Å². The van der Waals surface area contributed by atoms with Crippen LogP contribution in [-0.2, 0) is 11.2 Å². The summed E-state index contributed by atoms with van der Waals surface area (Å²) in [6.45, 7) is 6.50. The van der Waals surface area contributed by atoms with E-state index in [1.165, 1.54) is 12.3 Å². The molecule has 0 saturated carbocycles. The van der Waals surface area contributed by atoms with E-state index in [2.05, 4.69) is 9.97 Å². The van der Waals surface area contributed by atoms with E-state index in [4.69, 9.17) is 4.74 Å². The number of aromatic nitrogens is 2. The lowest BCUT2D eigenvalue weighted by atomic mass is 9.82. The van der Waals surface area contributed by atoms with E-state index >= 15 is 0 Å². The molecule has 2 aromatic heterocycles. The molecular weight excluding hydrogens is 345 g/mol. The van der Waals surface area contributed by atoms with Crippen molar-refractivity contribution in [2.24, 2.45) is 5.41 Å². The molecule has 3 heterocycles. The zero-order valence-corrected chi connectivity index (χ0v) is 15.9. The number of ether oxygens (including phenoxy) is 1. The number of pyridine rings is 2. The number of hydrogen-bond acceptors (Lipinski definition) is 4. The van der Waals surface area contributed by atoms with Crippen molar-refractivity contribution < 1.29 is 13.9 Å². The van der Waals surface area contributed by atoms with Gasteiger partial charge in [-0.05, 0) is 57.4 Å². The van der Waals surface area contributed by atoms with Gasteiger partial charge in [0.2, 0.25) is 0 Å². The third-order valence-electron chi connectivity index (χ3n) is 5.20. The van der Waals surface area contributed by atoms with Gasteiger partial charge in [-0.15, -0.1) is 0 Å². The minimum absolute atomic E-state index is 0.0146. The van der Waals surface area contributed by atoms with Crippen LogP contribution < -0.4 is 0 Å². The van der Waals surface area contributed by atoms with Gasteiger partial charge in [0.15, 0.2) is 0 Å². The van der Waals surface area contributed by atoms with Gasteiger partial charge in [0.25, 0.3) is 5.91 Å². The molecule has 0 radical (unpaired) electrons. The number of carbonyl (C=O) groups is 1. The minimum Gasteiger partial charge on any atom is -0.381 e. The highest BCUT2D eigenvalue weighted by Gasteiger charge is 2.40. The highest BCUT2D eigenvalue weighted by molar-refractivity contribution is 5.94. The van der Waals surface area contributed by atoms with Gasteiger partial charge in [-0.1, -0.05) is 0 Å². The fourth-order valence-electron chi connectivity index (χ4n) is 3.55. The molecule has 6 heteroatoms. The molecule has 144 valence electrons. The highest BCUT2D eigenvalue weighted by atomic mass is 19.1. The summed E-state index contributed by atoms with van der Waals surface area (Å²) in [5.41, 5.74) is 2.28.